The summed E-state index contributed by atoms with van der Waals surface area (Å²) in [6.07, 6.45) is 1.90. The number of anilines is 1. The number of esters is 1. The lowest BCUT2D eigenvalue weighted by Crippen LogP contribution is -2.12. The summed E-state index contributed by atoms with van der Waals surface area (Å²) < 4.78 is 14.9. The number of carbonyl (C=O) groups excluding carboxylic acids is 1. The molecule has 1 rings (SSSR count). The van der Waals surface area contributed by atoms with Crippen LogP contribution in [-0.2, 0) is 14.2 Å². The van der Waals surface area contributed by atoms with Gasteiger partial charge in [-0.3, -0.25) is 0 Å². The van der Waals surface area contributed by atoms with Crippen molar-refractivity contribution in [1.82, 2.24) is 9.97 Å². The molecule has 0 amide bonds. The number of unbranched alkanes of at least 4 members (excludes halogenated alkanes) is 1. The van der Waals surface area contributed by atoms with E-state index in [0.717, 1.165) is 25.1 Å². The second-order valence-corrected chi connectivity index (χ2v) is 4.45. The Bertz CT molecular complexity index is 440. The summed E-state index contributed by atoms with van der Waals surface area (Å²) in [5.41, 5.74) is 0.718. The van der Waals surface area contributed by atoms with Crippen LogP contribution in [0.3, 0.4) is 0 Å². The molecule has 0 fully saturated rings. The van der Waals surface area contributed by atoms with E-state index in [2.05, 4.69) is 20.0 Å². The van der Waals surface area contributed by atoms with E-state index >= 15 is 0 Å². The Morgan fingerprint density at radius 2 is 2.00 bits per heavy atom. The van der Waals surface area contributed by atoms with Gasteiger partial charge in [0, 0.05) is 32.0 Å². The summed E-state index contributed by atoms with van der Waals surface area (Å²) in [7, 11) is 2.96. The smallest absolute Gasteiger partial charge is 0.376 e. The van der Waals surface area contributed by atoms with Gasteiger partial charge in [-0.25, -0.2) is 14.8 Å². The molecule has 118 valence electrons. The molecule has 0 aliphatic heterocycles. The minimum atomic E-state index is -0.534. The Hall–Kier alpha value is -1.73. The zero-order valence-corrected chi connectivity index (χ0v) is 12.8. The van der Waals surface area contributed by atoms with E-state index in [9.17, 15) is 4.79 Å². The van der Waals surface area contributed by atoms with Gasteiger partial charge < -0.3 is 19.5 Å². The van der Waals surface area contributed by atoms with Gasteiger partial charge in [-0.1, -0.05) is 0 Å². The number of methoxy groups -OCH3 is 2. The molecule has 21 heavy (non-hydrogen) atoms. The minimum Gasteiger partial charge on any atom is -0.463 e. The quantitative estimate of drug-likeness (QED) is 0.516. The fraction of sp³-hybridized carbons (Fsp3) is 0.643. The summed E-state index contributed by atoms with van der Waals surface area (Å²) in [4.78, 5) is 19.6. The molecule has 0 saturated heterocycles. The van der Waals surface area contributed by atoms with Gasteiger partial charge in [0.25, 0.3) is 0 Å². The highest BCUT2D eigenvalue weighted by atomic mass is 16.5. The van der Waals surface area contributed by atoms with E-state index in [4.69, 9.17) is 9.47 Å². The molecule has 0 unspecified atom stereocenters. The molecule has 1 heterocycles. The molecule has 1 aromatic rings. The van der Waals surface area contributed by atoms with Crippen LogP contribution < -0.4 is 5.32 Å². The first-order valence-electron chi connectivity index (χ1n) is 6.92. The van der Waals surface area contributed by atoms with Gasteiger partial charge in [-0.15, -0.1) is 0 Å². The number of ether oxygens (including phenoxy) is 3. The molecule has 0 aliphatic rings. The molecule has 0 radical (unpaired) electrons. The van der Waals surface area contributed by atoms with Crippen LogP contribution in [-0.4, -0.2) is 56.5 Å². The lowest BCUT2D eigenvalue weighted by molar-refractivity contribution is 0.0586. The van der Waals surface area contributed by atoms with E-state index in [-0.39, 0.29) is 5.82 Å². The summed E-state index contributed by atoms with van der Waals surface area (Å²) in [5, 5.41) is 3.17. The highest BCUT2D eigenvalue weighted by molar-refractivity contribution is 5.85. The molecule has 0 bridgehead atoms. The van der Waals surface area contributed by atoms with Crippen molar-refractivity contribution in [3.05, 3.63) is 17.6 Å². The maximum atomic E-state index is 11.4. The average molecular weight is 297 g/mol. The van der Waals surface area contributed by atoms with Gasteiger partial charge in [0.2, 0.25) is 5.82 Å². The Morgan fingerprint density at radius 1 is 1.19 bits per heavy atom. The molecular weight excluding hydrogens is 274 g/mol. The maximum absolute atomic E-state index is 11.4. The summed E-state index contributed by atoms with van der Waals surface area (Å²) in [6.45, 7) is 4.52. The molecular formula is C14H23N3O4. The lowest BCUT2D eigenvalue weighted by Gasteiger charge is -2.08. The second-order valence-electron chi connectivity index (χ2n) is 4.45. The van der Waals surface area contributed by atoms with Gasteiger partial charge >= 0.3 is 5.97 Å². The molecule has 7 nitrogen and oxygen atoms in total. The zero-order valence-electron chi connectivity index (χ0n) is 12.8. The van der Waals surface area contributed by atoms with Crippen molar-refractivity contribution >= 4 is 11.8 Å². The van der Waals surface area contributed by atoms with E-state index in [1.54, 1.807) is 13.2 Å². The Labute approximate surface area is 125 Å². The van der Waals surface area contributed by atoms with Crippen LogP contribution in [0.2, 0.25) is 0 Å². The van der Waals surface area contributed by atoms with Crippen LogP contribution in [0.15, 0.2) is 6.07 Å². The number of hydrogen-bond acceptors (Lipinski definition) is 7. The van der Waals surface area contributed by atoms with Gasteiger partial charge in [0.15, 0.2) is 0 Å². The maximum Gasteiger partial charge on any atom is 0.376 e. The van der Waals surface area contributed by atoms with Crippen LogP contribution in [0, 0.1) is 6.92 Å². The third-order valence-electron chi connectivity index (χ3n) is 2.68. The average Bonchev–Trinajstić information content (AvgIpc) is 2.48. The SMILES string of the molecule is COCCOCCCCNc1cc(C)nc(C(=O)OC)n1. The number of hydrogen-bond donors (Lipinski definition) is 1. The number of aryl methyl sites for hydroxylation is 1. The summed E-state index contributed by atoms with van der Waals surface area (Å²) >= 11 is 0. The molecule has 1 aromatic heterocycles. The number of nitrogens with zero attached hydrogens (tertiary/aromatic N) is 2. The number of nitrogens with one attached hydrogen (secondary N) is 1. The molecule has 0 atom stereocenters. The Morgan fingerprint density at radius 3 is 2.71 bits per heavy atom. The lowest BCUT2D eigenvalue weighted by atomic mass is 10.3. The van der Waals surface area contributed by atoms with Crippen LogP contribution in [0.25, 0.3) is 0 Å². The number of aromatic nitrogens is 2. The predicted molar refractivity (Wildman–Crippen MR) is 78.5 cm³/mol. The molecule has 1 N–H and O–H groups in total. The van der Waals surface area contributed by atoms with Crippen LogP contribution in [0.5, 0.6) is 0 Å². The van der Waals surface area contributed by atoms with Crippen molar-refractivity contribution in [2.24, 2.45) is 0 Å². The fourth-order valence-electron chi connectivity index (χ4n) is 1.63. The standard InChI is InChI=1S/C14H23N3O4/c1-11-10-12(17-13(16-11)14(18)20-3)15-6-4-5-7-21-9-8-19-2/h10H,4-9H2,1-3H3,(H,15,16,17). The largest absolute Gasteiger partial charge is 0.463 e. The highest BCUT2D eigenvalue weighted by Gasteiger charge is 2.11. The van der Waals surface area contributed by atoms with Crippen molar-refractivity contribution in [3.8, 4) is 0 Å². The first-order valence-corrected chi connectivity index (χ1v) is 6.92. The van der Waals surface area contributed by atoms with E-state index < -0.39 is 5.97 Å². The minimum absolute atomic E-state index is 0.0721. The fourth-order valence-corrected chi connectivity index (χ4v) is 1.63. The molecule has 0 aliphatic carbocycles. The van der Waals surface area contributed by atoms with Crippen molar-refractivity contribution in [2.75, 3.05) is 45.9 Å². The van der Waals surface area contributed by atoms with E-state index in [1.165, 1.54) is 7.11 Å². The molecule has 0 saturated carbocycles. The van der Waals surface area contributed by atoms with Crippen molar-refractivity contribution in [1.29, 1.82) is 0 Å². The van der Waals surface area contributed by atoms with Crippen LogP contribution in [0.4, 0.5) is 5.82 Å². The topological polar surface area (TPSA) is 82.6 Å². The van der Waals surface area contributed by atoms with E-state index in [0.29, 0.717) is 25.6 Å². The van der Waals surface area contributed by atoms with Gasteiger partial charge in [-0.05, 0) is 19.8 Å². The number of rotatable bonds is 10. The normalized spacial score (nSPS) is 10.4. The molecule has 0 aromatic carbocycles. The van der Waals surface area contributed by atoms with E-state index in [1.807, 2.05) is 6.92 Å². The van der Waals surface area contributed by atoms with Gasteiger partial charge in [-0.2, -0.15) is 0 Å². The van der Waals surface area contributed by atoms with Gasteiger partial charge in [0.1, 0.15) is 5.82 Å². The van der Waals surface area contributed by atoms with Crippen LogP contribution in [0.1, 0.15) is 29.2 Å². The zero-order chi connectivity index (χ0) is 15.5. The van der Waals surface area contributed by atoms with Crippen molar-refractivity contribution < 1.29 is 19.0 Å². The first-order chi connectivity index (χ1) is 10.2. The monoisotopic (exact) mass is 297 g/mol. The number of carbonyl (C=O) groups is 1. The summed E-state index contributed by atoms with van der Waals surface area (Å²) in [6, 6.07) is 1.79. The second kappa shape index (κ2) is 10.1. The Balaban J connectivity index is 2.29. The first kappa shape index (κ1) is 17.3. The Kier molecular flexibility index (Phi) is 8.30. The molecule has 7 heteroatoms. The highest BCUT2D eigenvalue weighted by Crippen LogP contribution is 2.07. The third-order valence-corrected chi connectivity index (χ3v) is 2.68. The predicted octanol–water partition coefficient (Wildman–Crippen LogP) is 1.43. The van der Waals surface area contributed by atoms with Gasteiger partial charge in [0.05, 0.1) is 20.3 Å². The van der Waals surface area contributed by atoms with Crippen molar-refractivity contribution in [3.63, 3.8) is 0 Å². The van der Waals surface area contributed by atoms with Crippen molar-refractivity contribution in [2.45, 2.75) is 19.8 Å². The third kappa shape index (κ3) is 7.01. The summed E-state index contributed by atoms with van der Waals surface area (Å²) in [5.74, 6) is 0.166. The van der Waals surface area contributed by atoms with Crippen LogP contribution >= 0.6 is 0 Å². The molecule has 0 spiro atoms.